The number of morpholine rings is 1. The number of likely N-dealkylation sites (N-methyl/N-ethyl adjacent to an activating group) is 1. The van der Waals surface area contributed by atoms with E-state index in [0.29, 0.717) is 13.2 Å². The van der Waals surface area contributed by atoms with Crippen molar-refractivity contribution in [3.8, 4) is 0 Å². The third kappa shape index (κ3) is 4.15. The highest BCUT2D eigenvalue weighted by atomic mass is 16.5. The molecule has 2 aliphatic rings. The summed E-state index contributed by atoms with van der Waals surface area (Å²) >= 11 is 0. The molecule has 4 heteroatoms. The summed E-state index contributed by atoms with van der Waals surface area (Å²) in [6, 6.07) is 0. The second-order valence-corrected chi connectivity index (χ2v) is 6.30. The average Bonchev–Trinajstić information content (AvgIpc) is 2.46. The van der Waals surface area contributed by atoms with Gasteiger partial charge in [-0.2, -0.15) is 0 Å². The lowest BCUT2D eigenvalue weighted by atomic mass is 9.77. The zero-order valence-corrected chi connectivity index (χ0v) is 12.6. The van der Waals surface area contributed by atoms with Gasteiger partial charge >= 0.3 is 0 Å². The summed E-state index contributed by atoms with van der Waals surface area (Å²) in [5.74, 6) is 0.875. The normalized spacial score (nSPS) is 37.4. The van der Waals surface area contributed by atoms with E-state index in [0.717, 1.165) is 38.5 Å². The Morgan fingerprint density at radius 1 is 1.37 bits per heavy atom. The molecule has 1 unspecified atom stereocenters. The largest absolute Gasteiger partial charge is 0.373 e. The molecule has 112 valence electrons. The van der Waals surface area contributed by atoms with E-state index in [4.69, 9.17) is 15.2 Å². The first-order valence-electron chi connectivity index (χ1n) is 7.81. The molecule has 1 aliphatic heterocycles. The standard InChI is InChI=1S/C15H30N2O2/c1-3-13-4-6-15(12-16,7-5-13)19-11-14-10-17(2)8-9-18-14/h13-14H,3-12,16H2,1-2H3. The highest BCUT2D eigenvalue weighted by Crippen LogP contribution is 2.35. The fraction of sp³-hybridized carbons (Fsp3) is 1.00. The van der Waals surface area contributed by atoms with E-state index in [2.05, 4.69) is 18.9 Å². The Morgan fingerprint density at radius 3 is 2.68 bits per heavy atom. The Morgan fingerprint density at radius 2 is 2.11 bits per heavy atom. The van der Waals surface area contributed by atoms with Gasteiger partial charge in [-0.15, -0.1) is 0 Å². The Bertz CT molecular complexity index is 265. The number of rotatable bonds is 5. The molecule has 1 saturated heterocycles. The average molecular weight is 270 g/mol. The van der Waals surface area contributed by atoms with E-state index in [1.54, 1.807) is 0 Å². The van der Waals surface area contributed by atoms with E-state index in [9.17, 15) is 0 Å². The van der Waals surface area contributed by atoms with Gasteiger partial charge in [-0.3, -0.25) is 0 Å². The number of hydrogen-bond donors (Lipinski definition) is 1. The highest BCUT2D eigenvalue weighted by molar-refractivity contribution is 4.88. The Labute approximate surface area is 117 Å². The van der Waals surface area contributed by atoms with Gasteiger partial charge in [0, 0.05) is 19.6 Å². The first-order valence-corrected chi connectivity index (χ1v) is 7.81. The number of hydrogen-bond acceptors (Lipinski definition) is 4. The van der Waals surface area contributed by atoms with E-state index in [1.165, 1.54) is 19.3 Å². The van der Waals surface area contributed by atoms with Crippen LogP contribution >= 0.6 is 0 Å². The summed E-state index contributed by atoms with van der Waals surface area (Å²) in [6.45, 7) is 6.43. The van der Waals surface area contributed by atoms with Gasteiger partial charge < -0.3 is 20.1 Å². The minimum atomic E-state index is -0.0783. The molecule has 4 nitrogen and oxygen atoms in total. The zero-order chi connectivity index (χ0) is 13.7. The minimum Gasteiger partial charge on any atom is -0.373 e. The lowest BCUT2D eigenvalue weighted by Gasteiger charge is -2.40. The second kappa shape index (κ2) is 7.02. The van der Waals surface area contributed by atoms with Gasteiger partial charge in [0.2, 0.25) is 0 Å². The van der Waals surface area contributed by atoms with Gasteiger partial charge in [0.25, 0.3) is 0 Å². The molecule has 2 N–H and O–H groups in total. The Balaban J connectivity index is 1.79. The highest BCUT2D eigenvalue weighted by Gasteiger charge is 2.35. The van der Waals surface area contributed by atoms with Crippen LogP contribution in [0.2, 0.25) is 0 Å². The van der Waals surface area contributed by atoms with Gasteiger partial charge in [0.1, 0.15) is 0 Å². The predicted molar refractivity (Wildman–Crippen MR) is 77.2 cm³/mol. The van der Waals surface area contributed by atoms with E-state index >= 15 is 0 Å². The Hall–Kier alpha value is -0.160. The summed E-state index contributed by atoms with van der Waals surface area (Å²) in [7, 11) is 2.14. The van der Waals surface area contributed by atoms with Crippen molar-refractivity contribution in [1.82, 2.24) is 4.90 Å². The first-order chi connectivity index (χ1) is 9.17. The van der Waals surface area contributed by atoms with Crippen molar-refractivity contribution >= 4 is 0 Å². The van der Waals surface area contributed by atoms with Crippen LogP contribution in [0.3, 0.4) is 0 Å². The first kappa shape index (κ1) is 15.2. The van der Waals surface area contributed by atoms with Gasteiger partial charge in [-0.25, -0.2) is 0 Å². The quantitative estimate of drug-likeness (QED) is 0.825. The van der Waals surface area contributed by atoms with E-state index in [1.807, 2.05) is 0 Å². The molecule has 0 aromatic rings. The summed E-state index contributed by atoms with van der Waals surface area (Å²) in [6.07, 6.45) is 6.26. The molecule has 2 rings (SSSR count). The van der Waals surface area contributed by atoms with Gasteiger partial charge in [-0.05, 0) is 38.6 Å². The molecule has 0 bridgehead atoms. The van der Waals surface area contributed by atoms with E-state index < -0.39 is 0 Å². The van der Waals surface area contributed by atoms with Crippen LogP contribution in [0.4, 0.5) is 0 Å². The third-order valence-corrected chi connectivity index (χ3v) is 4.88. The molecule has 1 aliphatic carbocycles. The van der Waals surface area contributed by atoms with Crippen molar-refractivity contribution in [2.45, 2.75) is 50.7 Å². The molecule has 1 heterocycles. The van der Waals surface area contributed by atoms with Crippen LogP contribution < -0.4 is 5.73 Å². The lowest BCUT2D eigenvalue weighted by molar-refractivity contribution is -0.128. The molecule has 0 amide bonds. The molecule has 0 aromatic carbocycles. The van der Waals surface area contributed by atoms with Crippen LogP contribution in [0.5, 0.6) is 0 Å². The summed E-state index contributed by atoms with van der Waals surface area (Å²) < 4.78 is 12.0. The maximum Gasteiger partial charge on any atom is 0.0935 e. The van der Waals surface area contributed by atoms with Crippen LogP contribution in [-0.2, 0) is 9.47 Å². The summed E-state index contributed by atoms with van der Waals surface area (Å²) in [5.41, 5.74) is 5.91. The molecule has 1 saturated carbocycles. The van der Waals surface area contributed by atoms with Crippen molar-refractivity contribution in [2.24, 2.45) is 11.7 Å². The van der Waals surface area contributed by atoms with E-state index in [-0.39, 0.29) is 11.7 Å². The van der Waals surface area contributed by atoms with Crippen LogP contribution in [0.1, 0.15) is 39.0 Å². The smallest absolute Gasteiger partial charge is 0.0935 e. The second-order valence-electron chi connectivity index (χ2n) is 6.30. The number of nitrogens with zero attached hydrogens (tertiary/aromatic N) is 1. The molecule has 19 heavy (non-hydrogen) atoms. The van der Waals surface area contributed by atoms with Crippen LogP contribution in [0.25, 0.3) is 0 Å². The van der Waals surface area contributed by atoms with Crippen molar-refractivity contribution < 1.29 is 9.47 Å². The molecule has 0 aromatic heterocycles. The number of ether oxygens (including phenoxy) is 2. The maximum atomic E-state index is 6.22. The minimum absolute atomic E-state index is 0.0783. The zero-order valence-electron chi connectivity index (χ0n) is 12.6. The topological polar surface area (TPSA) is 47.7 Å². The molecular formula is C15H30N2O2. The SMILES string of the molecule is CCC1CCC(CN)(OCC2CN(C)CCO2)CC1. The van der Waals surface area contributed by atoms with Crippen molar-refractivity contribution in [3.05, 3.63) is 0 Å². The third-order valence-electron chi connectivity index (χ3n) is 4.88. The number of nitrogens with two attached hydrogens (primary N) is 1. The molecule has 0 spiro atoms. The van der Waals surface area contributed by atoms with Gasteiger partial charge in [-0.1, -0.05) is 13.3 Å². The molecular weight excluding hydrogens is 240 g/mol. The van der Waals surface area contributed by atoms with Crippen molar-refractivity contribution in [2.75, 3.05) is 39.9 Å². The van der Waals surface area contributed by atoms with Crippen LogP contribution in [-0.4, -0.2) is 56.5 Å². The molecule has 1 atom stereocenters. The maximum absolute atomic E-state index is 6.22. The predicted octanol–water partition coefficient (Wildman–Crippen LogP) is 1.63. The molecule has 2 fully saturated rings. The van der Waals surface area contributed by atoms with Crippen molar-refractivity contribution in [3.63, 3.8) is 0 Å². The monoisotopic (exact) mass is 270 g/mol. The van der Waals surface area contributed by atoms with Crippen LogP contribution in [0, 0.1) is 5.92 Å². The van der Waals surface area contributed by atoms with Gasteiger partial charge in [0.15, 0.2) is 0 Å². The summed E-state index contributed by atoms with van der Waals surface area (Å²) in [4.78, 5) is 2.31. The fourth-order valence-electron chi connectivity index (χ4n) is 3.26. The fourth-order valence-corrected chi connectivity index (χ4v) is 3.26. The van der Waals surface area contributed by atoms with Crippen LogP contribution in [0.15, 0.2) is 0 Å². The van der Waals surface area contributed by atoms with Gasteiger partial charge in [0.05, 0.1) is 24.9 Å². The Kier molecular flexibility index (Phi) is 5.63. The lowest BCUT2D eigenvalue weighted by Crippen LogP contribution is -2.48. The van der Waals surface area contributed by atoms with Crippen molar-refractivity contribution in [1.29, 1.82) is 0 Å². The molecule has 0 radical (unpaired) electrons. The summed E-state index contributed by atoms with van der Waals surface area (Å²) in [5, 5.41) is 0.